The molecule has 7 heteroatoms. The lowest BCUT2D eigenvalue weighted by Gasteiger charge is -2.37. The molecule has 0 bridgehead atoms. The van der Waals surface area contributed by atoms with Gasteiger partial charge in [0, 0.05) is 43.1 Å². The minimum absolute atomic E-state index is 0.147. The first-order chi connectivity index (χ1) is 11.4. The molecule has 2 aliphatic heterocycles. The van der Waals surface area contributed by atoms with Crippen molar-refractivity contribution in [2.75, 3.05) is 37.7 Å². The highest BCUT2D eigenvalue weighted by atomic mass is 79.9. The summed E-state index contributed by atoms with van der Waals surface area (Å²) in [5.74, 6) is 0.779. The van der Waals surface area contributed by atoms with Gasteiger partial charge < -0.3 is 4.90 Å². The van der Waals surface area contributed by atoms with Gasteiger partial charge in [0.15, 0.2) is 9.84 Å². The van der Waals surface area contributed by atoms with E-state index < -0.39 is 9.84 Å². The highest BCUT2D eigenvalue weighted by Crippen LogP contribution is 2.20. The molecular weight excluding hydrogens is 392 g/mol. The van der Waals surface area contributed by atoms with Crippen LogP contribution in [0.2, 0.25) is 0 Å². The topological polar surface area (TPSA) is 57.7 Å². The molecule has 0 spiro atoms. The number of aryl methyl sites for hydroxylation is 1. The number of hydrogen-bond acceptors (Lipinski definition) is 4. The van der Waals surface area contributed by atoms with Crippen LogP contribution in [0.5, 0.6) is 0 Å². The number of sulfone groups is 1. The summed E-state index contributed by atoms with van der Waals surface area (Å²) in [6.45, 7) is 2.97. The summed E-state index contributed by atoms with van der Waals surface area (Å²) in [6, 6.07) is 8.20. The van der Waals surface area contributed by atoms with Crippen molar-refractivity contribution in [3.63, 3.8) is 0 Å². The van der Waals surface area contributed by atoms with Gasteiger partial charge in [-0.3, -0.25) is 9.69 Å². The first-order valence-electron chi connectivity index (χ1n) is 8.40. The molecular formula is C17H23BrN2O3S. The van der Waals surface area contributed by atoms with E-state index in [1.54, 1.807) is 0 Å². The van der Waals surface area contributed by atoms with Crippen LogP contribution in [0.1, 0.15) is 18.4 Å². The third kappa shape index (κ3) is 4.58. The fourth-order valence-corrected chi connectivity index (χ4v) is 5.71. The van der Waals surface area contributed by atoms with Crippen molar-refractivity contribution in [2.24, 2.45) is 0 Å². The molecule has 2 heterocycles. The summed E-state index contributed by atoms with van der Waals surface area (Å²) < 4.78 is 24.2. The number of halogens is 1. The molecule has 1 aromatic rings. The van der Waals surface area contributed by atoms with E-state index in [4.69, 9.17) is 0 Å². The van der Waals surface area contributed by atoms with Crippen LogP contribution in [-0.4, -0.2) is 67.9 Å². The van der Waals surface area contributed by atoms with Crippen LogP contribution in [0, 0.1) is 0 Å². The molecule has 1 aromatic carbocycles. The number of amides is 1. The molecule has 3 rings (SSSR count). The Morgan fingerprint density at radius 3 is 2.58 bits per heavy atom. The van der Waals surface area contributed by atoms with Crippen molar-refractivity contribution in [1.82, 2.24) is 9.80 Å². The molecule has 132 valence electrons. The molecule has 2 fully saturated rings. The number of carbonyl (C=O) groups excluding carboxylic acids is 1. The third-order valence-electron chi connectivity index (χ3n) is 4.91. The molecule has 24 heavy (non-hydrogen) atoms. The molecule has 0 aromatic heterocycles. The fraction of sp³-hybridized carbons (Fsp3) is 0.588. The van der Waals surface area contributed by atoms with Crippen LogP contribution in [-0.2, 0) is 21.1 Å². The maximum atomic E-state index is 12.4. The van der Waals surface area contributed by atoms with E-state index in [9.17, 15) is 13.2 Å². The van der Waals surface area contributed by atoms with Gasteiger partial charge in [-0.25, -0.2) is 8.42 Å². The molecule has 1 atom stereocenters. The maximum absolute atomic E-state index is 12.4. The predicted octanol–water partition coefficient (Wildman–Crippen LogP) is 1.71. The van der Waals surface area contributed by atoms with Gasteiger partial charge in [0.1, 0.15) is 0 Å². The SMILES string of the molecule is O=C(CCc1cccc(Br)c1)N1CCN(C2CCS(=O)(=O)C2)CC1. The van der Waals surface area contributed by atoms with Crippen molar-refractivity contribution >= 4 is 31.7 Å². The number of piperazine rings is 1. The zero-order valence-corrected chi connectivity index (χ0v) is 16.1. The molecule has 2 saturated heterocycles. The minimum atomic E-state index is -2.84. The molecule has 0 saturated carbocycles. The molecule has 0 aliphatic carbocycles. The highest BCUT2D eigenvalue weighted by Gasteiger charge is 2.34. The molecule has 1 unspecified atom stereocenters. The van der Waals surface area contributed by atoms with E-state index in [0.717, 1.165) is 36.0 Å². The van der Waals surface area contributed by atoms with Crippen LogP contribution < -0.4 is 0 Å². The van der Waals surface area contributed by atoms with Crippen LogP contribution >= 0.6 is 15.9 Å². The van der Waals surface area contributed by atoms with Crippen molar-refractivity contribution in [3.8, 4) is 0 Å². The lowest BCUT2D eigenvalue weighted by molar-refractivity contribution is -0.133. The molecule has 2 aliphatic rings. The Morgan fingerprint density at radius 2 is 1.96 bits per heavy atom. The minimum Gasteiger partial charge on any atom is -0.340 e. The summed E-state index contributed by atoms with van der Waals surface area (Å²) >= 11 is 3.45. The summed E-state index contributed by atoms with van der Waals surface area (Å²) in [5.41, 5.74) is 1.16. The average molecular weight is 415 g/mol. The van der Waals surface area contributed by atoms with Crippen molar-refractivity contribution in [1.29, 1.82) is 0 Å². The van der Waals surface area contributed by atoms with Gasteiger partial charge in [0.05, 0.1) is 11.5 Å². The second-order valence-electron chi connectivity index (χ2n) is 6.60. The zero-order valence-electron chi connectivity index (χ0n) is 13.7. The van der Waals surface area contributed by atoms with E-state index in [2.05, 4.69) is 20.8 Å². The van der Waals surface area contributed by atoms with Crippen LogP contribution in [0.3, 0.4) is 0 Å². The maximum Gasteiger partial charge on any atom is 0.222 e. The quantitative estimate of drug-likeness (QED) is 0.752. The highest BCUT2D eigenvalue weighted by molar-refractivity contribution is 9.10. The summed E-state index contributed by atoms with van der Waals surface area (Å²) in [4.78, 5) is 16.5. The van der Waals surface area contributed by atoms with Gasteiger partial charge in [-0.1, -0.05) is 28.1 Å². The first-order valence-corrected chi connectivity index (χ1v) is 11.0. The Morgan fingerprint density at radius 1 is 1.21 bits per heavy atom. The predicted molar refractivity (Wildman–Crippen MR) is 97.7 cm³/mol. The van der Waals surface area contributed by atoms with Crippen LogP contribution in [0.4, 0.5) is 0 Å². The van der Waals surface area contributed by atoms with Gasteiger partial charge >= 0.3 is 0 Å². The number of benzene rings is 1. The molecule has 0 radical (unpaired) electrons. The molecule has 1 amide bonds. The lowest BCUT2D eigenvalue weighted by atomic mass is 10.1. The average Bonchev–Trinajstić information content (AvgIpc) is 2.93. The lowest BCUT2D eigenvalue weighted by Crippen LogP contribution is -2.52. The zero-order chi connectivity index (χ0) is 17.2. The van der Waals surface area contributed by atoms with Gasteiger partial charge in [-0.05, 0) is 30.5 Å². The Hall–Kier alpha value is -0.920. The van der Waals surface area contributed by atoms with E-state index in [1.165, 1.54) is 0 Å². The molecule has 5 nitrogen and oxygen atoms in total. The third-order valence-corrected chi connectivity index (χ3v) is 7.15. The number of carbonyl (C=O) groups is 1. The van der Waals surface area contributed by atoms with Gasteiger partial charge in [-0.2, -0.15) is 0 Å². The van der Waals surface area contributed by atoms with Gasteiger partial charge in [0.2, 0.25) is 5.91 Å². The van der Waals surface area contributed by atoms with E-state index in [-0.39, 0.29) is 17.7 Å². The van der Waals surface area contributed by atoms with E-state index in [1.807, 2.05) is 29.2 Å². The van der Waals surface area contributed by atoms with Crippen molar-refractivity contribution in [2.45, 2.75) is 25.3 Å². The Bertz CT molecular complexity index is 700. The van der Waals surface area contributed by atoms with Crippen molar-refractivity contribution in [3.05, 3.63) is 34.3 Å². The van der Waals surface area contributed by atoms with Gasteiger partial charge in [0.25, 0.3) is 0 Å². The van der Waals surface area contributed by atoms with Crippen LogP contribution in [0.25, 0.3) is 0 Å². The Labute approximate surface area is 152 Å². The Balaban J connectivity index is 1.45. The fourth-order valence-electron chi connectivity index (χ4n) is 3.50. The Kier molecular flexibility index (Phi) is 5.62. The summed E-state index contributed by atoms with van der Waals surface area (Å²) in [6.07, 6.45) is 2.01. The smallest absolute Gasteiger partial charge is 0.222 e. The second kappa shape index (κ2) is 7.54. The normalized spacial score (nSPS) is 24.2. The second-order valence-corrected chi connectivity index (χ2v) is 9.75. The largest absolute Gasteiger partial charge is 0.340 e. The van der Waals surface area contributed by atoms with Crippen LogP contribution in [0.15, 0.2) is 28.7 Å². The van der Waals surface area contributed by atoms with E-state index in [0.29, 0.717) is 25.3 Å². The number of rotatable bonds is 4. The summed E-state index contributed by atoms with van der Waals surface area (Å²) in [7, 11) is -2.84. The standard InChI is InChI=1S/C17H23BrN2O3S/c18-15-3-1-2-14(12-15)4-5-17(21)20-9-7-19(8-10-20)16-6-11-24(22,23)13-16/h1-3,12,16H,4-11,13H2. The van der Waals surface area contributed by atoms with Gasteiger partial charge in [-0.15, -0.1) is 0 Å². The first kappa shape index (κ1) is 17.9. The van der Waals surface area contributed by atoms with Crippen molar-refractivity contribution < 1.29 is 13.2 Å². The monoisotopic (exact) mass is 414 g/mol. The summed E-state index contributed by atoms with van der Waals surface area (Å²) in [5, 5.41) is 0. The number of hydrogen-bond donors (Lipinski definition) is 0. The van der Waals surface area contributed by atoms with E-state index >= 15 is 0 Å². The number of nitrogens with zero attached hydrogens (tertiary/aromatic N) is 2. The molecule has 0 N–H and O–H groups in total.